The first-order valence-electron chi connectivity index (χ1n) is 9.70. The van der Waals surface area contributed by atoms with Gasteiger partial charge in [0.05, 0.1) is 24.9 Å². The molecular weight excluding hydrogens is 373 g/mol. The van der Waals surface area contributed by atoms with Gasteiger partial charge in [0.1, 0.15) is 18.0 Å². The molecule has 152 valence electrons. The van der Waals surface area contributed by atoms with Gasteiger partial charge in [-0.2, -0.15) is 0 Å². The minimum Gasteiger partial charge on any atom is -0.493 e. The van der Waals surface area contributed by atoms with Crippen LogP contribution in [0.1, 0.15) is 18.4 Å². The molecule has 6 nitrogen and oxygen atoms in total. The smallest absolute Gasteiger partial charge is 0.163 e. The highest BCUT2D eigenvalue weighted by molar-refractivity contribution is 5.93. The molecule has 1 fully saturated rings. The number of rotatable bonds is 6. The van der Waals surface area contributed by atoms with Gasteiger partial charge in [-0.1, -0.05) is 6.07 Å². The fourth-order valence-corrected chi connectivity index (χ4v) is 3.41. The molecule has 1 aliphatic heterocycles. The van der Waals surface area contributed by atoms with E-state index in [9.17, 15) is 4.39 Å². The molecule has 1 N–H and O–H groups in total. The van der Waals surface area contributed by atoms with E-state index in [1.807, 2.05) is 25.1 Å². The van der Waals surface area contributed by atoms with Crippen molar-refractivity contribution < 1.29 is 18.6 Å². The van der Waals surface area contributed by atoms with E-state index >= 15 is 0 Å². The summed E-state index contributed by atoms with van der Waals surface area (Å²) in [6.45, 7) is 4.01. The Bertz CT molecular complexity index is 1010. The van der Waals surface area contributed by atoms with E-state index in [1.165, 1.54) is 12.4 Å². The number of hydrogen-bond donors (Lipinski definition) is 1. The number of aryl methyl sites for hydroxylation is 1. The molecule has 1 aromatic heterocycles. The van der Waals surface area contributed by atoms with Crippen molar-refractivity contribution in [3.63, 3.8) is 0 Å². The number of benzene rings is 2. The van der Waals surface area contributed by atoms with Crippen molar-refractivity contribution in [1.29, 1.82) is 0 Å². The van der Waals surface area contributed by atoms with Gasteiger partial charge in [-0.15, -0.1) is 0 Å². The lowest BCUT2D eigenvalue weighted by Crippen LogP contribution is -2.21. The minimum absolute atomic E-state index is 0.333. The van der Waals surface area contributed by atoms with Crippen LogP contribution in [0, 0.1) is 18.7 Å². The lowest BCUT2D eigenvalue weighted by molar-refractivity contribution is 0.0494. The van der Waals surface area contributed by atoms with Crippen LogP contribution in [0.3, 0.4) is 0 Å². The SMILES string of the molecule is COc1cc2c(Nc3ccc(C)cc3F)ncnc2cc1OCC1CCOCC1. The first kappa shape index (κ1) is 19.4. The van der Waals surface area contributed by atoms with Crippen molar-refractivity contribution in [3.8, 4) is 11.5 Å². The maximum atomic E-state index is 14.3. The first-order valence-corrected chi connectivity index (χ1v) is 9.70. The predicted octanol–water partition coefficient (Wildman–Crippen LogP) is 4.63. The lowest BCUT2D eigenvalue weighted by Gasteiger charge is -2.22. The Kier molecular flexibility index (Phi) is 5.76. The van der Waals surface area contributed by atoms with Gasteiger partial charge >= 0.3 is 0 Å². The quantitative estimate of drug-likeness (QED) is 0.654. The second-order valence-electron chi connectivity index (χ2n) is 7.22. The molecule has 2 aromatic carbocycles. The summed E-state index contributed by atoms with van der Waals surface area (Å²) in [4.78, 5) is 8.64. The number of hydrogen-bond acceptors (Lipinski definition) is 6. The highest BCUT2D eigenvalue weighted by Gasteiger charge is 2.17. The summed E-state index contributed by atoms with van der Waals surface area (Å²) >= 11 is 0. The molecule has 0 bridgehead atoms. The van der Waals surface area contributed by atoms with E-state index in [0.29, 0.717) is 41.0 Å². The summed E-state index contributed by atoms with van der Waals surface area (Å²) in [5.74, 6) is 1.87. The van der Waals surface area contributed by atoms with Crippen LogP contribution >= 0.6 is 0 Å². The third kappa shape index (κ3) is 4.40. The summed E-state index contributed by atoms with van der Waals surface area (Å²) in [5.41, 5.74) is 1.90. The molecule has 7 heteroatoms. The van der Waals surface area contributed by atoms with Crippen molar-refractivity contribution >= 4 is 22.4 Å². The average molecular weight is 397 g/mol. The molecule has 2 heterocycles. The third-order valence-corrected chi connectivity index (χ3v) is 5.11. The Hall–Kier alpha value is -2.93. The number of anilines is 2. The Morgan fingerprint density at radius 3 is 2.72 bits per heavy atom. The van der Waals surface area contributed by atoms with Crippen molar-refractivity contribution in [2.24, 2.45) is 5.92 Å². The normalized spacial score (nSPS) is 14.7. The number of ether oxygens (including phenoxy) is 3. The molecular formula is C22H24FN3O3. The highest BCUT2D eigenvalue weighted by Crippen LogP contribution is 2.35. The van der Waals surface area contributed by atoms with Crippen LogP contribution in [0.4, 0.5) is 15.9 Å². The van der Waals surface area contributed by atoms with E-state index < -0.39 is 0 Å². The largest absolute Gasteiger partial charge is 0.493 e. The molecule has 0 radical (unpaired) electrons. The maximum absolute atomic E-state index is 14.3. The standard InChI is InChI=1S/C22H24FN3O3/c1-14-3-4-18(17(23)9-14)26-22-16-10-20(27-2)21(11-19(16)24-13-25-22)29-12-15-5-7-28-8-6-15/h3-4,9-11,13,15H,5-8,12H2,1-2H3,(H,24,25,26). The molecule has 0 spiro atoms. The van der Waals surface area contributed by atoms with Crippen molar-refractivity contribution in [2.45, 2.75) is 19.8 Å². The van der Waals surface area contributed by atoms with Gasteiger partial charge in [0.25, 0.3) is 0 Å². The van der Waals surface area contributed by atoms with Crippen molar-refractivity contribution in [3.05, 3.63) is 48.0 Å². The van der Waals surface area contributed by atoms with Crippen LogP contribution in [0.5, 0.6) is 11.5 Å². The highest BCUT2D eigenvalue weighted by atomic mass is 19.1. The summed E-state index contributed by atoms with van der Waals surface area (Å²) in [5, 5.41) is 3.79. The van der Waals surface area contributed by atoms with Gasteiger partial charge in [0.15, 0.2) is 11.5 Å². The Balaban J connectivity index is 1.62. The molecule has 1 aliphatic rings. The van der Waals surface area contributed by atoms with Crippen LogP contribution in [-0.2, 0) is 4.74 Å². The molecule has 29 heavy (non-hydrogen) atoms. The number of nitrogens with zero attached hydrogens (tertiary/aromatic N) is 2. The Morgan fingerprint density at radius 1 is 1.14 bits per heavy atom. The number of halogens is 1. The Morgan fingerprint density at radius 2 is 1.97 bits per heavy atom. The van der Waals surface area contributed by atoms with Gasteiger partial charge in [-0.3, -0.25) is 0 Å². The Labute approximate surface area is 169 Å². The van der Waals surface area contributed by atoms with Crippen molar-refractivity contribution in [1.82, 2.24) is 9.97 Å². The van der Waals surface area contributed by atoms with E-state index in [1.54, 1.807) is 13.2 Å². The van der Waals surface area contributed by atoms with Gasteiger partial charge in [-0.05, 0) is 49.4 Å². The molecule has 0 saturated carbocycles. The summed E-state index contributed by atoms with van der Waals surface area (Å²) in [7, 11) is 1.60. The number of fused-ring (bicyclic) bond motifs is 1. The zero-order valence-electron chi connectivity index (χ0n) is 16.6. The van der Waals surface area contributed by atoms with Gasteiger partial charge < -0.3 is 19.5 Å². The molecule has 3 aromatic rings. The number of aromatic nitrogens is 2. The van der Waals surface area contributed by atoms with E-state index in [2.05, 4.69) is 15.3 Å². The fourth-order valence-electron chi connectivity index (χ4n) is 3.41. The first-order chi connectivity index (χ1) is 14.1. The summed E-state index contributed by atoms with van der Waals surface area (Å²) < 4.78 is 31.2. The van der Waals surface area contributed by atoms with E-state index in [0.717, 1.165) is 37.0 Å². The second-order valence-corrected chi connectivity index (χ2v) is 7.22. The number of methoxy groups -OCH3 is 1. The summed E-state index contributed by atoms with van der Waals surface area (Å²) in [6.07, 6.45) is 3.44. The molecule has 0 amide bonds. The summed E-state index contributed by atoms with van der Waals surface area (Å²) in [6, 6.07) is 8.68. The fraction of sp³-hybridized carbons (Fsp3) is 0.364. The van der Waals surface area contributed by atoms with Crippen molar-refractivity contribution in [2.75, 3.05) is 32.2 Å². The maximum Gasteiger partial charge on any atom is 0.163 e. The van der Waals surface area contributed by atoms with E-state index in [4.69, 9.17) is 14.2 Å². The van der Waals surface area contributed by atoms with Crippen LogP contribution in [0.25, 0.3) is 10.9 Å². The lowest BCUT2D eigenvalue weighted by atomic mass is 10.0. The average Bonchev–Trinajstić information content (AvgIpc) is 2.74. The molecule has 0 unspecified atom stereocenters. The van der Waals surface area contributed by atoms with E-state index in [-0.39, 0.29) is 5.82 Å². The molecule has 0 aliphatic carbocycles. The van der Waals surface area contributed by atoms with Crippen LogP contribution in [-0.4, -0.2) is 36.9 Å². The molecule has 1 saturated heterocycles. The third-order valence-electron chi connectivity index (χ3n) is 5.11. The zero-order chi connectivity index (χ0) is 20.2. The van der Waals surface area contributed by atoms with Crippen LogP contribution in [0.15, 0.2) is 36.7 Å². The molecule has 0 atom stereocenters. The van der Waals surface area contributed by atoms with Crippen LogP contribution in [0.2, 0.25) is 0 Å². The second kappa shape index (κ2) is 8.61. The topological polar surface area (TPSA) is 65.5 Å². The van der Waals surface area contributed by atoms with Crippen LogP contribution < -0.4 is 14.8 Å². The molecule has 4 rings (SSSR count). The van der Waals surface area contributed by atoms with Gasteiger partial charge in [0, 0.05) is 24.7 Å². The number of nitrogens with one attached hydrogen (secondary N) is 1. The zero-order valence-corrected chi connectivity index (χ0v) is 16.6. The van der Waals surface area contributed by atoms with Gasteiger partial charge in [0.2, 0.25) is 0 Å². The monoisotopic (exact) mass is 397 g/mol. The predicted molar refractivity (Wildman–Crippen MR) is 110 cm³/mol. The van der Waals surface area contributed by atoms with Gasteiger partial charge in [-0.25, -0.2) is 14.4 Å². The minimum atomic E-state index is -0.333.